The monoisotopic (exact) mass is 408 g/mol. The quantitative estimate of drug-likeness (QED) is 0.565. The van der Waals surface area contributed by atoms with Crippen LogP contribution in [0.1, 0.15) is 36.7 Å². The number of aromatic nitrogens is 2. The second kappa shape index (κ2) is 10.4. The highest BCUT2D eigenvalue weighted by Gasteiger charge is 2.13. The molecule has 7 nitrogen and oxygen atoms in total. The van der Waals surface area contributed by atoms with E-state index in [0.717, 1.165) is 29.8 Å². The number of anilines is 1. The van der Waals surface area contributed by atoms with E-state index in [-0.39, 0.29) is 12.6 Å². The van der Waals surface area contributed by atoms with Gasteiger partial charge in [0.2, 0.25) is 0 Å². The van der Waals surface area contributed by atoms with E-state index in [1.54, 1.807) is 11.9 Å². The van der Waals surface area contributed by atoms with E-state index in [9.17, 15) is 4.79 Å². The largest absolute Gasteiger partial charge is 0.484 e. The molecule has 0 bridgehead atoms. The number of hydrogen-bond donors (Lipinski definition) is 1. The van der Waals surface area contributed by atoms with Crippen LogP contribution >= 0.6 is 0 Å². The van der Waals surface area contributed by atoms with Crippen LogP contribution < -0.4 is 10.1 Å². The summed E-state index contributed by atoms with van der Waals surface area (Å²) in [6.07, 6.45) is 2.34. The molecule has 3 aromatic rings. The fourth-order valence-electron chi connectivity index (χ4n) is 2.95. The summed E-state index contributed by atoms with van der Waals surface area (Å²) in [7, 11) is 1.74. The van der Waals surface area contributed by atoms with E-state index in [0.29, 0.717) is 24.7 Å². The van der Waals surface area contributed by atoms with Crippen LogP contribution in [0.25, 0.3) is 0 Å². The highest BCUT2D eigenvalue weighted by atomic mass is 16.5. The van der Waals surface area contributed by atoms with Crippen molar-refractivity contribution in [3.05, 3.63) is 71.4 Å². The molecule has 30 heavy (non-hydrogen) atoms. The van der Waals surface area contributed by atoms with Crippen molar-refractivity contribution >= 4 is 11.7 Å². The van der Waals surface area contributed by atoms with Crippen molar-refractivity contribution in [2.24, 2.45) is 0 Å². The van der Waals surface area contributed by atoms with Gasteiger partial charge in [-0.05, 0) is 42.2 Å². The standard InChI is InChI=1S/C23H28N4O3/c1-4-17-10-12-19(13-11-17)29-16-22-25-21(26-30-22)14-15-27(3)23(28)24-20-9-7-6-8-18(20)5-2/h6-13H,4-5,14-16H2,1-3H3,(H,24,28). The molecule has 0 fully saturated rings. The Morgan fingerprint density at radius 3 is 2.60 bits per heavy atom. The van der Waals surface area contributed by atoms with Crippen LogP contribution in [0.15, 0.2) is 53.1 Å². The molecule has 0 aliphatic rings. The van der Waals surface area contributed by atoms with E-state index in [1.165, 1.54) is 5.56 Å². The van der Waals surface area contributed by atoms with Gasteiger partial charge in [0.05, 0.1) is 0 Å². The molecular formula is C23H28N4O3. The van der Waals surface area contributed by atoms with E-state index in [4.69, 9.17) is 9.26 Å². The Kier molecular flexibility index (Phi) is 7.43. The Hall–Kier alpha value is -3.35. The minimum Gasteiger partial charge on any atom is -0.484 e. The lowest BCUT2D eigenvalue weighted by Crippen LogP contribution is -2.33. The number of ether oxygens (including phenoxy) is 1. The summed E-state index contributed by atoms with van der Waals surface area (Å²) in [4.78, 5) is 18.4. The molecule has 0 aliphatic carbocycles. The molecule has 2 amide bonds. The number of nitrogens with one attached hydrogen (secondary N) is 1. The number of urea groups is 1. The summed E-state index contributed by atoms with van der Waals surface area (Å²) >= 11 is 0. The third kappa shape index (κ3) is 5.83. The zero-order valence-corrected chi connectivity index (χ0v) is 17.7. The van der Waals surface area contributed by atoms with Gasteiger partial charge in [-0.2, -0.15) is 4.98 Å². The van der Waals surface area contributed by atoms with Crippen molar-refractivity contribution in [3.8, 4) is 5.75 Å². The number of aryl methyl sites for hydroxylation is 2. The molecule has 158 valence electrons. The third-order valence-corrected chi connectivity index (χ3v) is 4.86. The van der Waals surface area contributed by atoms with Crippen LogP contribution in [-0.2, 0) is 25.9 Å². The molecule has 2 aromatic carbocycles. The number of rotatable bonds is 9. The van der Waals surface area contributed by atoms with Crippen LogP contribution in [0.5, 0.6) is 5.75 Å². The molecular weight excluding hydrogens is 380 g/mol. The van der Waals surface area contributed by atoms with Crippen LogP contribution in [0.2, 0.25) is 0 Å². The average molecular weight is 409 g/mol. The second-order valence-corrected chi connectivity index (χ2v) is 7.00. The second-order valence-electron chi connectivity index (χ2n) is 7.00. The summed E-state index contributed by atoms with van der Waals surface area (Å²) in [6.45, 7) is 4.86. The number of amides is 2. The van der Waals surface area contributed by atoms with Gasteiger partial charge in [-0.25, -0.2) is 4.79 Å². The molecule has 0 atom stereocenters. The van der Waals surface area contributed by atoms with Crippen molar-refractivity contribution < 1.29 is 14.1 Å². The van der Waals surface area contributed by atoms with Gasteiger partial charge in [-0.1, -0.05) is 49.3 Å². The van der Waals surface area contributed by atoms with Crippen LogP contribution in [-0.4, -0.2) is 34.7 Å². The fourth-order valence-corrected chi connectivity index (χ4v) is 2.95. The van der Waals surface area contributed by atoms with E-state index < -0.39 is 0 Å². The predicted molar refractivity (Wildman–Crippen MR) is 116 cm³/mol. The van der Waals surface area contributed by atoms with Gasteiger partial charge in [0, 0.05) is 25.7 Å². The molecule has 1 heterocycles. The molecule has 0 unspecified atom stereocenters. The zero-order chi connectivity index (χ0) is 21.3. The maximum absolute atomic E-state index is 12.4. The summed E-state index contributed by atoms with van der Waals surface area (Å²) < 4.78 is 10.9. The fraction of sp³-hybridized carbons (Fsp3) is 0.348. The Bertz CT molecular complexity index is 953. The number of benzene rings is 2. The van der Waals surface area contributed by atoms with Gasteiger partial charge in [-0.3, -0.25) is 0 Å². The Morgan fingerprint density at radius 2 is 1.87 bits per heavy atom. The van der Waals surface area contributed by atoms with Gasteiger partial charge in [-0.15, -0.1) is 0 Å². The van der Waals surface area contributed by atoms with E-state index in [1.807, 2.05) is 48.5 Å². The summed E-state index contributed by atoms with van der Waals surface area (Å²) in [5.41, 5.74) is 3.20. The number of hydrogen-bond acceptors (Lipinski definition) is 5. The Balaban J connectivity index is 1.46. The highest BCUT2D eigenvalue weighted by molar-refractivity contribution is 5.90. The molecule has 7 heteroatoms. The smallest absolute Gasteiger partial charge is 0.321 e. The number of para-hydroxylation sites is 1. The highest BCUT2D eigenvalue weighted by Crippen LogP contribution is 2.16. The first-order valence-electron chi connectivity index (χ1n) is 10.2. The third-order valence-electron chi connectivity index (χ3n) is 4.86. The van der Waals surface area contributed by atoms with Crippen molar-refractivity contribution in [1.82, 2.24) is 15.0 Å². The minimum absolute atomic E-state index is 0.168. The molecule has 0 radical (unpaired) electrons. The number of nitrogens with zero attached hydrogens (tertiary/aromatic N) is 3. The lowest BCUT2D eigenvalue weighted by molar-refractivity contribution is 0.222. The van der Waals surface area contributed by atoms with Gasteiger partial charge in [0.15, 0.2) is 12.4 Å². The first-order chi connectivity index (χ1) is 14.6. The number of carbonyl (C=O) groups is 1. The number of likely N-dealkylation sites (N-methyl/N-ethyl adjacent to an activating group) is 1. The van der Waals surface area contributed by atoms with Crippen molar-refractivity contribution in [2.45, 2.75) is 39.7 Å². The molecule has 0 saturated heterocycles. The minimum atomic E-state index is -0.168. The van der Waals surface area contributed by atoms with Gasteiger partial charge >= 0.3 is 6.03 Å². The van der Waals surface area contributed by atoms with Crippen LogP contribution in [0, 0.1) is 0 Å². The van der Waals surface area contributed by atoms with Gasteiger partial charge in [0.1, 0.15) is 5.75 Å². The molecule has 0 aliphatic heterocycles. The average Bonchev–Trinajstić information content (AvgIpc) is 3.24. The van der Waals surface area contributed by atoms with E-state index >= 15 is 0 Å². The molecule has 0 saturated carbocycles. The maximum Gasteiger partial charge on any atom is 0.321 e. The van der Waals surface area contributed by atoms with Crippen molar-refractivity contribution in [1.29, 1.82) is 0 Å². The summed E-state index contributed by atoms with van der Waals surface area (Å²) in [6, 6.07) is 15.6. The SMILES string of the molecule is CCc1ccc(OCc2nc(CCN(C)C(=O)Nc3ccccc3CC)no2)cc1. The normalized spacial score (nSPS) is 10.6. The number of carbonyl (C=O) groups excluding carboxylic acids is 1. The maximum atomic E-state index is 12.4. The predicted octanol–water partition coefficient (Wildman–Crippen LogP) is 4.48. The van der Waals surface area contributed by atoms with Crippen LogP contribution in [0.3, 0.4) is 0 Å². The first kappa shape index (κ1) is 21.4. The molecule has 0 spiro atoms. The molecule has 1 aromatic heterocycles. The van der Waals surface area contributed by atoms with Gasteiger partial charge in [0.25, 0.3) is 5.89 Å². The lowest BCUT2D eigenvalue weighted by Gasteiger charge is -2.18. The Labute approximate surface area is 177 Å². The molecule has 1 N–H and O–H groups in total. The topological polar surface area (TPSA) is 80.5 Å². The molecule has 3 rings (SSSR count). The first-order valence-corrected chi connectivity index (χ1v) is 10.2. The van der Waals surface area contributed by atoms with Crippen LogP contribution in [0.4, 0.5) is 10.5 Å². The van der Waals surface area contributed by atoms with E-state index in [2.05, 4.69) is 29.3 Å². The van der Waals surface area contributed by atoms with Crippen molar-refractivity contribution in [3.63, 3.8) is 0 Å². The van der Waals surface area contributed by atoms with Crippen molar-refractivity contribution in [2.75, 3.05) is 18.9 Å². The lowest BCUT2D eigenvalue weighted by atomic mass is 10.1. The summed E-state index contributed by atoms with van der Waals surface area (Å²) in [5.74, 6) is 1.72. The van der Waals surface area contributed by atoms with Gasteiger partial charge < -0.3 is 19.5 Å². The Morgan fingerprint density at radius 1 is 1.10 bits per heavy atom. The zero-order valence-electron chi connectivity index (χ0n) is 17.7. The summed E-state index contributed by atoms with van der Waals surface area (Å²) in [5, 5.41) is 6.93.